The number of nitrogens with zero attached hydrogens (tertiary/aromatic N) is 3. The van der Waals surface area contributed by atoms with Crippen LogP contribution in [0.3, 0.4) is 0 Å². The van der Waals surface area contributed by atoms with Crippen LogP contribution in [0.2, 0.25) is 0 Å². The Morgan fingerprint density at radius 2 is 2.05 bits per heavy atom. The van der Waals surface area contributed by atoms with Crippen LogP contribution in [0.15, 0.2) is 46.5 Å². The van der Waals surface area contributed by atoms with E-state index in [1.807, 2.05) is 50.4 Å². The molecule has 0 amide bonds. The fourth-order valence-corrected chi connectivity index (χ4v) is 3.03. The van der Waals surface area contributed by atoms with E-state index in [-0.39, 0.29) is 0 Å². The van der Waals surface area contributed by atoms with Gasteiger partial charge in [0.2, 0.25) is 0 Å². The van der Waals surface area contributed by atoms with Crippen molar-refractivity contribution in [3.05, 3.63) is 47.7 Å². The molecule has 0 atom stereocenters. The number of pyridine rings is 1. The van der Waals surface area contributed by atoms with Crippen molar-refractivity contribution in [2.45, 2.75) is 17.0 Å². The Kier molecular flexibility index (Phi) is 3.28. The topological polar surface area (TPSA) is 47.8 Å². The highest BCUT2D eigenvalue weighted by Crippen LogP contribution is 2.30. The number of aldehydes is 1. The molecule has 3 aromatic rings. The van der Waals surface area contributed by atoms with Crippen LogP contribution < -0.4 is 0 Å². The number of hydrogen-bond donors (Lipinski definition) is 0. The van der Waals surface area contributed by atoms with E-state index in [9.17, 15) is 4.79 Å². The highest BCUT2D eigenvalue weighted by atomic mass is 32.2. The zero-order chi connectivity index (χ0) is 14.1. The van der Waals surface area contributed by atoms with E-state index >= 15 is 0 Å². The predicted molar refractivity (Wildman–Crippen MR) is 79.2 cm³/mol. The minimum absolute atomic E-state index is 0.604. The number of carbonyl (C=O) groups is 1. The third-order valence-corrected chi connectivity index (χ3v) is 4.12. The molecule has 0 fully saturated rings. The number of hydrogen-bond acceptors (Lipinski definition) is 4. The van der Waals surface area contributed by atoms with Gasteiger partial charge >= 0.3 is 0 Å². The van der Waals surface area contributed by atoms with Crippen LogP contribution in [-0.2, 0) is 7.05 Å². The Labute approximate surface area is 120 Å². The first-order valence-corrected chi connectivity index (χ1v) is 7.02. The van der Waals surface area contributed by atoms with Crippen LogP contribution in [0, 0.1) is 6.92 Å². The summed E-state index contributed by atoms with van der Waals surface area (Å²) in [6.07, 6.45) is 0.852. The molecule has 1 aromatic carbocycles. The van der Waals surface area contributed by atoms with Crippen LogP contribution in [0.1, 0.15) is 16.1 Å². The summed E-state index contributed by atoms with van der Waals surface area (Å²) in [5.74, 6) is 0. The summed E-state index contributed by atoms with van der Waals surface area (Å²) >= 11 is 1.46. The predicted octanol–water partition coefficient (Wildman–Crippen LogP) is 3.24. The van der Waals surface area contributed by atoms with E-state index in [4.69, 9.17) is 0 Å². The molecule has 0 spiro atoms. The van der Waals surface area contributed by atoms with Crippen molar-refractivity contribution in [1.29, 1.82) is 0 Å². The molecule has 0 radical (unpaired) electrons. The van der Waals surface area contributed by atoms with E-state index < -0.39 is 0 Å². The summed E-state index contributed by atoms with van der Waals surface area (Å²) in [7, 11) is 1.89. The maximum absolute atomic E-state index is 11.3. The molecule has 0 aliphatic carbocycles. The fraction of sp³-hybridized carbons (Fsp3) is 0.133. The molecule has 0 aliphatic rings. The number of aromatic nitrogens is 3. The zero-order valence-electron chi connectivity index (χ0n) is 11.2. The van der Waals surface area contributed by atoms with Gasteiger partial charge in [0.05, 0.1) is 11.2 Å². The molecule has 0 bridgehead atoms. The van der Waals surface area contributed by atoms with E-state index in [0.29, 0.717) is 10.6 Å². The zero-order valence-corrected chi connectivity index (χ0v) is 12.0. The second kappa shape index (κ2) is 5.09. The maximum Gasteiger partial charge on any atom is 0.152 e. The molecule has 0 saturated heterocycles. The van der Waals surface area contributed by atoms with Crippen LogP contribution >= 0.6 is 11.8 Å². The average Bonchev–Trinajstić information content (AvgIpc) is 2.76. The van der Waals surface area contributed by atoms with Gasteiger partial charge in [0, 0.05) is 18.0 Å². The smallest absolute Gasteiger partial charge is 0.152 e. The molecule has 0 aliphatic heterocycles. The third-order valence-electron chi connectivity index (χ3n) is 3.00. The van der Waals surface area contributed by atoms with Crippen molar-refractivity contribution in [2.24, 2.45) is 7.05 Å². The SMILES string of the molecule is Cc1cc(Sc2nc3ccccc3cc2C=O)n(C)n1. The molecule has 2 heterocycles. The van der Waals surface area contributed by atoms with Crippen molar-refractivity contribution < 1.29 is 4.79 Å². The van der Waals surface area contributed by atoms with Crippen molar-refractivity contribution in [3.63, 3.8) is 0 Å². The van der Waals surface area contributed by atoms with Crippen molar-refractivity contribution >= 4 is 29.0 Å². The molecule has 0 unspecified atom stereocenters. The number of carbonyl (C=O) groups excluding carboxylic acids is 1. The highest BCUT2D eigenvalue weighted by Gasteiger charge is 2.11. The number of benzene rings is 1. The Morgan fingerprint density at radius 3 is 2.75 bits per heavy atom. The second-order valence-corrected chi connectivity index (χ2v) is 5.55. The van der Waals surface area contributed by atoms with Gasteiger partial charge in [0.25, 0.3) is 0 Å². The summed E-state index contributed by atoms with van der Waals surface area (Å²) in [5.41, 5.74) is 2.44. The first-order chi connectivity index (χ1) is 9.67. The number of fused-ring (bicyclic) bond motifs is 1. The number of para-hydroxylation sites is 1. The summed E-state index contributed by atoms with van der Waals surface area (Å²) in [5, 5.41) is 6.95. The Bertz CT molecular complexity index is 795. The summed E-state index contributed by atoms with van der Waals surface area (Å²) < 4.78 is 1.80. The van der Waals surface area contributed by atoms with Gasteiger partial charge in [-0.3, -0.25) is 9.48 Å². The minimum Gasteiger partial charge on any atom is -0.298 e. The second-order valence-electron chi connectivity index (χ2n) is 4.54. The minimum atomic E-state index is 0.604. The fourth-order valence-electron chi connectivity index (χ4n) is 2.06. The lowest BCUT2D eigenvalue weighted by Crippen LogP contribution is -1.95. The standard InChI is InChI=1S/C15H13N3OS/c1-10-7-14(18(2)17-10)20-15-12(9-19)8-11-5-3-4-6-13(11)16-15/h3-9H,1-2H3. The molecular formula is C15H13N3OS. The third kappa shape index (κ3) is 2.32. The molecule has 2 aromatic heterocycles. The molecule has 5 heteroatoms. The Morgan fingerprint density at radius 1 is 1.25 bits per heavy atom. The van der Waals surface area contributed by atoms with Crippen LogP contribution in [-0.4, -0.2) is 21.1 Å². The van der Waals surface area contributed by atoms with Crippen molar-refractivity contribution in [1.82, 2.24) is 14.8 Å². The van der Waals surface area contributed by atoms with Gasteiger partial charge in [0.1, 0.15) is 10.1 Å². The molecule has 4 nitrogen and oxygen atoms in total. The van der Waals surface area contributed by atoms with Gasteiger partial charge in [0.15, 0.2) is 6.29 Å². The monoisotopic (exact) mass is 283 g/mol. The van der Waals surface area contributed by atoms with Crippen LogP contribution in [0.5, 0.6) is 0 Å². The normalized spacial score (nSPS) is 10.9. The molecule has 100 valence electrons. The van der Waals surface area contributed by atoms with Crippen molar-refractivity contribution in [3.8, 4) is 0 Å². The number of rotatable bonds is 3. The lowest BCUT2D eigenvalue weighted by Gasteiger charge is -2.06. The van der Waals surface area contributed by atoms with E-state index in [1.165, 1.54) is 11.8 Å². The van der Waals surface area contributed by atoms with E-state index in [1.54, 1.807) is 4.68 Å². The van der Waals surface area contributed by atoms with E-state index in [0.717, 1.165) is 27.9 Å². The summed E-state index contributed by atoms with van der Waals surface area (Å²) in [6, 6.07) is 11.6. The molecule has 0 saturated carbocycles. The largest absolute Gasteiger partial charge is 0.298 e. The highest BCUT2D eigenvalue weighted by molar-refractivity contribution is 7.99. The molecule has 0 N–H and O–H groups in total. The molecule has 20 heavy (non-hydrogen) atoms. The van der Waals surface area contributed by atoms with Gasteiger partial charge in [-0.2, -0.15) is 5.10 Å². The van der Waals surface area contributed by atoms with Gasteiger partial charge in [-0.25, -0.2) is 4.98 Å². The van der Waals surface area contributed by atoms with Crippen molar-refractivity contribution in [2.75, 3.05) is 0 Å². The Hall–Kier alpha value is -2.14. The Balaban J connectivity index is 2.10. The number of aryl methyl sites for hydroxylation is 2. The van der Waals surface area contributed by atoms with Gasteiger partial charge < -0.3 is 0 Å². The van der Waals surface area contributed by atoms with Gasteiger partial charge in [-0.1, -0.05) is 18.2 Å². The lowest BCUT2D eigenvalue weighted by atomic mass is 10.2. The average molecular weight is 283 g/mol. The molecule has 3 rings (SSSR count). The lowest BCUT2D eigenvalue weighted by molar-refractivity contribution is 0.112. The maximum atomic E-state index is 11.3. The van der Waals surface area contributed by atoms with E-state index in [2.05, 4.69) is 10.1 Å². The molecular weight excluding hydrogens is 270 g/mol. The first kappa shape index (κ1) is 12.9. The van der Waals surface area contributed by atoms with Crippen LogP contribution in [0.4, 0.5) is 0 Å². The summed E-state index contributed by atoms with van der Waals surface area (Å²) in [4.78, 5) is 15.9. The quantitative estimate of drug-likeness (QED) is 0.692. The van der Waals surface area contributed by atoms with Gasteiger partial charge in [-0.05, 0) is 36.9 Å². The van der Waals surface area contributed by atoms with Crippen LogP contribution in [0.25, 0.3) is 10.9 Å². The first-order valence-electron chi connectivity index (χ1n) is 6.21. The van der Waals surface area contributed by atoms with Gasteiger partial charge in [-0.15, -0.1) is 0 Å². The summed E-state index contributed by atoms with van der Waals surface area (Å²) in [6.45, 7) is 1.94.